The molecular weight excluding hydrogens is 126 g/mol. The molecule has 0 bridgehead atoms. The maximum Gasteiger partial charge on any atom is 1.00 e. The van der Waals surface area contributed by atoms with Crippen molar-refractivity contribution in [2.75, 3.05) is 0 Å². The first-order valence-electron chi connectivity index (χ1n) is 0.873. The minimum Gasteiger partial charge on any atom is -0.418 e. The van der Waals surface area contributed by atoms with Crippen LogP contribution in [0.25, 0.3) is 0 Å². The molecule has 0 aliphatic rings. The van der Waals surface area contributed by atoms with Crippen molar-refractivity contribution in [1.29, 1.82) is 0 Å². The van der Waals surface area contributed by atoms with Gasteiger partial charge in [0.15, 0.2) is 0 Å². The van der Waals surface area contributed by atoms with E-state index in [-0.39, 0.29) is 52.8 Å². The van der Waals surface area contributed by atoms with Gasteiger partial charge in [0.1, 0.15) is 0 Å². The van der Waals surface area contributed by atoms with Gasteiger partial charge in [0.25, 0.3) is 0 Å². The standard InChI is InChI=1S/BF4.K/c2-1(3,4)5;/q-1;/p+1. The van der Waals surface area contributed by atoms with Crippen molar-refractivity contribution in [3.63, 3.8) is 0 Å². The summed E-state index contributed by atoms with van der Waals surface area (Å²) in [4.78, 5) is 0. The van der Waals surface area contributed by atoms with Gasteiger partial charge in [-0.3, -0.25) is 0 Å². The molecule has 0 saturated carbocycles. The monoisotopic (exact) mass is 127 g/mol. The van der Waals surface area contributed by atoms with Crippen molar-refractivity contribution in [2.45, 2.75) is 0 Å². The SMILES string of the molecule is F[B-](F)(F)F.[H+].[K]. The molecule has 0 atom stereocenters. The first-order valence-corrected chi connectivity index (χ1v) is 0.873. The van der Waals surface area contributed by atoms with E-state index >= 15 is 0 Å². The number of hydrogen-bond donors (Lipinski definition) is 0. The number of hydrogen-bond acceptors (Lipinski definition) is 0. The van der Waals surface area contributed by atoms with Crippen LogP contribution in [-0.2, 0) is 0 Å². The fourth-order valence-corrected chi connectivity index (χ4v) is 0. The minimum atomic E-state index is -6.00. The van der Waals surface area contributed by atoms with Gasteiger partial charge in [-0.05, 0) is 0 Å². The maximum absolute atomic E-state index is 9.75. The third kappa shape index (κ3) is 52.5. The van der Waals surface area contributed by atoms with E-state index in [4.69, 9.17) is 0 Å². The summed E-state index contributed by atoms with van der Waals surface area (Å²) in [6.45, 7) is 0. The molecule has 0 unspecified atom stereocenters. The fraction of sp³-hybridized carbons (Fsp3) is 0. The van der Waals surface area contributed by atoms with Gasteiger partial charge in [0.2, 0.25) is 0 Å². The topological polar surface area (TPSA) is 0 Å². The molecular formula is HBF4K. The Morgan fingerprint density at radius 2 is 1.00 bits per heavy atom. The Balaban J connectivity index is -0.0000000800. The van der Waals surface area contributed by atoms with Crippen LogP contribution in [0.3, 0.4) is 0 Å². The smallest absolute Gasteiger partial charge is 0.418 e. The molecule has 0 nitrogen and oxygen atoms in total. The largest absolute Gasteiger partial charge is 1.00 e. The van der Waals surface area contributed by atoms with Crippen LogP contribution >= 0.6 is 0 Å². The molecule has 0 aromatic heterocycles. The molecule has 1 radical (unpaired) electrons. The molecule has 0 aliphatic carbocycles. The normalized spacial score (nSPS) is 10.0. The number of rotatable bonds is 0. The van der Waals surface area contributed by atoms with Crippen LogP contribution in [0.15, 0.2) is 0 Å². The summed E-state index contributed by atoms with van der Waals surface area (Å²) in [6.07, 6.45) is 0. The summed E-state index contributed by atoms with van der Waals surface area (Å²) in [5, 5.41) is 0. The van der Waals surface area contributed by atoms with Crippen LogP contribution < -0.4 is 0 Å². The van der Waals surface area contributed by atoms with Gasteiger partial charge in [-0.1, -0.05) is 0 Å². The second-order valence-electron chi connectivity index (χ2n) is 0.495. The van der Waals surface area contributed by atoms with Crippen molar-refractivity contribution in [3.8, 4) is 0 Å². The van der Waals surface area contributed by atoms with E-state index in [1.54, 1.807) is 0 Å². The van der Waals surface area contributed by atoms with Gasteiger partial charge in [0.05, 0.1) is 0 Å². The summed E-state index contributed by atoms with van der Waals surface area (Å²) in [7, 11) is -6.00. The Kier molecular flexibility index (Phi) is 5.95. The van der Waals surface area contributed by atoms with Crippen LogP contribution in [0.4, 0.5) is 17.3 Å². The zero-order valence-electron chi connectivity index (χ0n) is 4.09. The second-order valence-corrected chi connectivity index (χ2v) is 0.495. The van der Waals surface area contributed by atoms with E-state index in [1.165, 1.54) is 0 Å². The zero-order valence-corrected chi connectivity index (χ0v) is 6.21. The van der Waals surface area contributed by atoms with Gasteiger partial charge in [-0.2, -0.15) is 0 Å². The number of halogens is 4. The summed E-state index contributed by atoms with van der Waals surface area (Å²) in [5.74, 6) is 0. The molecule has 6 heavy (non-hydrogen) atoms. The summed E-state index contributed by atoms with van der Waals surface area (Å²) in [5.41, 5.74) is 0. The predicted molar refractivity (Wildman–Crippen MR) is 17.1 cm³/mol. The molecule has 6 heteroatoms. The Morgan fingerprint density at radius 3 is 1.00 bits per heavy atom. The predicted octanol–water partition coefficient (Wildman–Crippen LogP) is 1.03. The fourth-order valence-electron chi connectivity index (χ4n) is 0. The molecule has 0 saturated heterocycles. The third-order valence-electron chi connectivity index (χ3n) is 0. The molecule has 33 valence electrons. The average molecular weight is 127 g/mol. The van der Waals surface area contributed by atoms with Crippen LogP contribution in [0.5, 0.6) is 0 Å². The maximum atomic E-state index is 9.75. The molecule has 0 N–H and O–H groups in total. The molecule has 0 aromatic rings. The van der Waals surface area contributed by atoms with Gasteiger partial charge in [-0.25, -0.2) is 0 Å². The van der Waals surface area contributed by atoms with E-state index in [0.29, 0.717) is 0 Å². The van der Waals surface area contributed by atoms with E-state index in [2.05, 4.69) is 0 Å². The Hall–Kier alpha value is 1.42. The van der Waals surface area contributed by atoms with Gasteiger partial charge in [-0.15, -0.1) is 0 Å². The molecule has 0 aliphatic heterocycles. The van der Waals surface area contributed by atoms with Crippen LogP contribution in [-0.4, -0.2) is 58.6 Å². The average Bonchev–Trinajstić information content (AvgIpc) is 0.722. The van der Waals surface area contributed by atoms with Crippen LogP contribution in [0, 0.1) is 0 Å². The Labute approximate surface area is 76.3 Å². The van der Waals surface area contributed by atoms with E-state index < -0.39 is 7.25 Å². The Bertz CT molecular complexity index is 27.2. The van der Waals surface area contributed by atoms with Gasteiger partial charge < -0.3 is 17.3 Å². The quantitative estimate of drug-likeness (QED) is 0.336. The molecule has 0 spiro atoms. The summed E-state index contributed by atoms with van der Waals surface area (Å²) < 4.78 is 39.0. The summed E-state index contributed by atoms with van der Waals surface area (Å²) >= 11 is 0. The van der Waals surface area contributed by atoms with Crippen LogP contribution in [0.2, 0.25) is 0 Å². The van der Waals surface area contributed by atoms with E-state index in [9.17, 15) is 17.3 Å². The zero-order chi connectivity index (χ0) is 4.50. The first kappa shape index (κ1) is 10.4. The van der Waals surface area contributed by atoms with Crippen molar-refractivity contribution in [2.24, 2.45) is 0 Å². The molecule has 0 amide bonds. The van der Waals surface area contributed by atoms with Crippen molar-refractivity contribution in [1.82, 2.24) is 0 Å². The molecule has 0 fully saturated rings. The van der Waals surface area contributed by atoms with Crippen molar-refractivity contribution in [3.05, 3.63) is 0 Å². The van der Waals surface area contributed by atoms with Crippen molar-refractivity contribution < 1.29 is 18.7 Å². The van der Waals surface area contributed by atoms with E-state index in [0.717, 1.165) is 0 Å². The van der Waals surface area contributed by atoms with Gasteiger partial charge >= 0.3 is 8.68 Å². The molecule has 0 heterocycles. The first-order chi connectivity index (χ1) is 2.00. The second kappa shape index (κ2) is 3.43. The molecule has 0 rings (SSSR count). The minimum absolute atomic E-state index is 0. The molecule has 0 aromatic carbocycles. The van der Waals surface area contributed by atoms with Crippen molar-refractivity contribution >= 4 is 58.6 Å². The third-order valence-corrected chi connectivity index (χ3v) is 0. The summed E-state index contributed by atoms with van der Waals surface area (Å²) in [6, 6.07) is 0. The Morgan fingerprint density at radius 1 is 1.00 bits per heavy atom. The van der Waals surface area contributed by atoms with Crippen LogP contribution in [0.1, 0.15) is 1.43 Å². The van der Waals surface area contributed by atoms with Gasteiger partial charge in [0, 0.05) is 51.4 Å². The van der Waals surface area contributed by atoms with E-state index in [1.807, 2.05) is 0 Å².